The first-order valence-corrected chi connectivity index (χ1v) is 6.37. The van der Waals surface area contributed by atoms with Gasteiger partial charge in [0.25, 0.3) is 0 Å². The van der Waals surface area contributed by atoms with Gasteiger partial charge in [-0.1, -0.05) is 17.7 Å². The van der Waals surface area contributed by atoms with Gasteiger partial charge in [-0.25, -0.2) is 9.07 Å². The maximum Gasteiger partial charge on any atom is 0.142 e. The van der Waals surface area contributed by atoms with E-state index in [2.05, 4.69) is 27.7 Å². The fourth-order valence-corrected chi connectivity index (χ4v) is 2.01. The Balaban J connectivity index is 2.31. The number of aryl methyl sites for hydroxylation is 1. The molecule has 0 saturated heterocycles. The summed E-state index contributed by atoms with van der Waals surface area (Å²) in [6.07, 6.45) is 0. The van der Waals surface area contributed by atoms with Gasteiger partial charge in [-0.2, -0.15) is 5.10 Å². The molecule has 6 heteroatoms. The summed E-state index contributed by atoms with van der Waals surface area (Å²) in [6, 6.07) is 4.68. The maximum absolute atomic E-state index is 13.3. The molecule has 2 N–H and O–H groups in total. The first-order chi connectivity index (χ1) is 7.99. The van der Waals surface area contributed by atoms with Gasteiger partial charge in [0.05, 0.1) is 20.8 Å². The molecule has 0 spiro atoms. The van der Waals surface area contributed by atoms with Crippen molar-refractivity contribution < 1.29 is 4.39 Å². The number of nitrogens with two attached hydrogens (primary N) is 1. The Bertz CT molecular complexity index is 568. The predicted molar refractivity (Wildman–Crippen MR) is 74.6 cm³/mol. The fourth-order valence-electron chi connectivity index (χ4n) is 1.51. The first kappa shape index (κ1) is 12.6. The normalized spacial score (nSPS) is 10.8. The minimum Gasteiger partial charge on any atom is -0.383 e. The molecule has 1 aromatic heterocycles. The molecule has 1 heterocycles. The van der Waals surface area contributed by atoms with Crippen molar-refractivity contribution in [3.05, 3.63) is 43.9 Å². The molecular formula is C11H10ClFIN3. The van der Waals surface area contributed by atoms with Crippen LogP contribution in [0.25, 0.3) is 0 Å². The van der Waals surface area contributed by atoms with E-state index < -0.39 is 5.82 Å². The standard InChI is InChI=1S/C11H10ClFIN3/c1-6-10(14)11(15)17(16-6)5-7-2-3-8(12)9(13)4-7/h2-4H,5,15H2,1H3. The van der Waals surface area contributed by atoms with Crippen molar-refractivity contribution in [3.8, 4) is 0 Å². The van der Waals surface area contributed by atoms with Crippen LogP contribution in [0.3, 0.4) is 0 Å². The highest BCUT2D eigenvalue weighted by Gasteiger charge is 2.10. The molecule has 0 bridgehead atoms. The predicted octanol–water partition coefficient (Wildman–Crippen LogP) is 3.22. The van der Waals surface area contributed by atoms with Gasteiger partial charge in [-0.05, 0) is 47.2 Å². The molecule has 0 aliphatic heterocycles. The number of hydrogen-bond acceptors (Lipinski definition) is 2. The van der Waals surface area contributed by atoms with Crippen LogP contribution >= 0.6 is 34.2 Å². The number of anilines is 1. The number of hydrogen-bond donors (Lipinski definition) is 1. The molecule has 0 fully saturated rings. The fraction of sp³-hybridized carbons (Fsp3) is 0.182. The monoisotopic (exact) mass is 365 g/mol. The van der Waals surface area contributed by atoms with E-state index in [0.29, 0.717) is 12.4 Å². The van der Waals surface area contributed by atoms with Crippen molar-refractivity contribution >= 4 is 40.0 Å². The highest BCUT2D eigenvalue weighted by atomic mass is 127. The van der Waals surface area contributed by atoms with Gasteiger partial charge in [-0.15, -0.1) is 0 Å². The topological polar surface area (TPSA) is 43.8 Å². The summed E-state index contributed by atoms with van der Waals surface area (Å²) >= 11 is 7.76. The average Bonchev–Trinajstić information content (AvgIpc) is 2.52. The molecule has 3 nitrogen and oxygen atoms in total. The zero-order chi connectivity index (χ0) is 12.6. The summed E-state index contributed by atoms with van der Waals surface area (Å²) in [6.45, 7) is 2.32. The Morgan fingerprint density at radius 3 is 2.76 bits per heavy atom. The van der Waals surface area contributed by atoms with E-state index in [0.717, 1.165) is 14.8 Å². The van der Waals surface area contributed by atoms with Gasteiger partial charge >= 0.3 is 0 Å². The Kier molecular flexibility index (Phi) is 3.58. The second-order valence-corrected chi connectivity index (χ2v) is 5.18. The molecule has 0 unspecified atom stereocenters. The van der Waals surface area contributed by atoms with Crippen LogP contribution in [0, 0.1) is 16.3 Å². The second-order valence-electron chi connectivity index (χ2n) is 3.69. The van der Waals surface area contributed by atoms with Gasteiger partial charge in [0.1, 0.15) is 11.6 Å². The van der Waals surface area contributed by atoms with Crippen LogP contribution in [-0.2, 0) is 6.54 Å². The van der Waals surface area contributed by atoms with E-state index >= 15 is 0 Å². The molecule has 2 rings (SSSR count). The average molecular weight is 366 g/mol. The Morgan fingerprint density at radius 1 is 1.53 bits per heavy atom. The number of nitrogen functional groups attached to an aromatic ring is 1. The maximum atomic E-state index is 13.3. The number of nitrogens with zero attached hydrogens (tertiary/aromatic N) is 2. The highest BCUT2D eigenvalue weighted by molar-refractivity contribution is 14.1. The quantitative estimate of drug-likeness (QED) is 0.831. The van der Waals surface area contributed by atoms with E-state index in [9.17, 15) is 4.39 Å². The Labute approximate surface area is 117 Å². The molecule has 0 amide bonds. The largest absolute Gasteiger partial charge is 0.383 e. The van der Waals surface area contributed by atoms with Crippen molar-refractivity contribution in [2.45, 2.75) is 13.5 Å². The number of halogens is 3. The summed E-state index contributed by atoms with van der Waals surface area (Å²) in [5.41, 5.74) is 7.54. The summed E-state index contributed by atoms with van der Waals surface area (Å²) in [4.78, 5) is 0. The van der Waals surface area contributed by atoms with Gasteiger partial charge < -0.3 is 5.73 Å². The second kappa shape index (κ2) is 4.81. The molecule has 0 radical (unpaired) electrons. The van der Waals surface area contributed by atoms with E-state index in [1.165, 1.54) is 12.1 Å². The third-order valence-electron chi connectivity index (χ3n) is 2.41. The number of aromatic nitrogens is 2. The SMILES string of the molecule is Cc1nn(Cc2ccc(Cl)c(F)c2)c(N)c1I. The van der Waals surface area contributed by atoms with Crippen LogP contribution in [0.15, 0.2) is 18.2 Å². The summed E-state index contributed by atoms with van der Waals surface area (Å²) in [5.74, 6) is 0.166. The molecule has 1 aromatic carbocycles. The summed E-state index contributed by atoms with van der Waals surface area (Å²) in [5, 5.41) is 4.40. The number of benzene rings is 1. The third-order valence-corrected chi connectivity index (χ3v) is 4.05. The molecule has 0 saturated carbocycles. The van der Waals surface area contributed by atoms with Crippen molar-refractivity contribution in [1.82, 2.24) is 9.78 Å². The zero-order valence-electron chi connectivity index (χ0n) is 9.04. The Hall–Kier alpha value is -0.820. The van der Waals surface area contributed by atoms with Crippen LogP contribution in [0.2, 0.25) is 5.02 Å². The lowest BCUT2D eigenvalue weighted by Crippen LogP contribution is -2.06. The lowest BCUT2D eigenvalue weighted by atomic mass is 10.2. The summed E-state index contributed by atoms with van der Waals surface area (Å²) < 4.78 is 15.9. The van der Waals surface area contributed by atoms with Crippen molar-refractivity contribution in [1.29, 1.82) is 0 Å². The smallest absolute Gasteiger partial charge is 0.142 e. The van der Waals surface area contributed by atoms with Crippen molar-refractivity contribution in [2.75, 3.05) is 5.73 Å². The van der Waals surface area contributed by atoms with Crippen LogP contribution < -0.4 is 5.73 Å². The molecule has 2 aromatic rings. The van der Waals surface area contributed by atoms with E-state index in [4.69, 9.17) is 17.3 Å². The minimum atomic E-state index is -0.429. The third kappa shape index (κ3) is 2.55. The van der Waals surface area contributed by atoms with Crippen LogP contribution in [0.4, 0.5) is 10.2 Å². The van der Waals surface area contributed by atoms with Crippen molar-refractivity contribution in [2.24, 2.45) is 0 Å². The van der Waals surface area contributed by atoms with Crippen molar-refractivity contribution in [3.63, 3.8) is 0 Å². The van der Waals surface area contributed by atoms with Crippen LogP contribution in [-0.4, -0.2) is 9.78 Å². The van der Waals surface area contributed by atoms with Gasteiger partial charge in [0.2, 0.25) is 0 Å². The lowest BCUT2D eigenvalue weighted by molar-refractivity contribution is 0.620. The van der Waals surface area contributed by atoms with Gasteiger partial charge in [-0.3, -0.25) is 0 Å². The Morgan fingerprint density at radius 2 is 2.24 bits per heavy atom. The highest BCUT2D eigenvalue weighted by Crippen LogP contribution is 2.21. The first-order valence-electron chi connectivity index (χ1n) is 4.91. The van der Waals surface area contributed by atoms with Gasteiger partial charge in [0, 0.05) is 0 Å². The van der Waals surface area contributed by atoms with E-state index in [1.54, 1.807) is 10.7 Å². The molecule has 0 aliphatic rings. The van der Waals surface area contributed by atoms with Crippen LogP contribution in [0.1, 0.15) is 11.3 Å². The van der Waals surface area contributed by atoms with Gasteiger partial charge in [0.15, 0.2) is 0 Å². The molecule has 17 heavy (non-hydrogen) atoms. The molecular weight excluding hydrogens is 355 g/mol. The lowest BCUT2D eigenvalue weighted by Gasteiger charge is -2.05. The van der Waals surface area contributed by atoms with E-state index in [1.807, 2.05) is 6.92 Å². The van der Waals surface area contributed by atoms with E-state index in [-0.39, 0.29) is 5.02 Å². The zero-order valence-corrected chi connectivity index (χ0v) is 12.0. The molecule has 0 aliphatic carbocycles. The van der Waals surface area contributed by atoms with Crippen LogP contribution in [0.5, 0.6) is 0 Å². The number of rotatable bonds is 2. The summed E-state index contributed by atoms with van der Waals surface area (Å²) in [7, 11) is 0. The minimum absolute atomic E-state index is 0.118. The molecule has 0 atom stereocenters. The molecule has 90 valence electrons.